The van der Waals surface area contributed by atoms with E-state index in [4.69, 9.17) is 5.11 Å². The van der Waals surface area contributed by atoms with Crippen LogP contribution in [0.5, 0.6) is 0 Å². The Hall–Kier alpha value is -1.36. The Balaban J connectivity index is 0.000000690. The molecule has 5 heteroatoms. The normalized spacial score (nSPS) is 17.6. The van der Waals surface area contributed by atoms with E-state index in [2.05, 4.69) is 19.2 Å². The Labute approximate surface area is 127 Å². The number of hydrogen-bond acceptors (Lipinski definition) is 3. The molecule has 0 amide bonds. The van der Waals surface area contributed by atoms with Crippen molar-refractivity contribution in [3.8, 4) is 0 Å². The quantitative estimate of drug-likeness (QED) is 0.656. The zero-order valence-corrected chi connectivity index (χ0v) is 13.4. The molecule has 1 aliphatic rings. The fourth-order valence-electron chi connectivity index (χ4n) is 2.74. The minimum absolute atomic E-state index is 0.0199. The topological polar surface area (TPSA) is 86.6 Å². The van der Waals surface area contributed by atoms with Crippen LogP contribution in [0, 0.1) is 11.8 Å². The molecule has 0 aromatic heterocycles. The van der Waals surface area contributed by atoms with Crippen LogP contribution in [0.25, 0.3) is 0 Å². The van der Waals surface area contributed by atoms with Crippen LogP contribution < -0.4 is 5.32 Å². The zero-order chi connectivity index (χ0) is 16.3. The van der Waals surface area contributed by atoms with Gasteiger partial charge >= 0.3 is 11.9 Å². The SMILES string of the molecule is CC=C(C(=O)O)C(C(=O)O)C1CCCCC1.CCNCC. The third-order valence-corrected chi connectivity index (χ3v) is 3.78. The Morgan fingerprint density at radius 3 is 1.95 bits per heavy atom. The summed E-state index contributed by atoms with van der Waals surface area (Å²) in [5.74, 6) is -2.99. The third-order valence-electron chi connectivity index (χ3n) is 3.78. The van der Waals surface area contributed by atoms with Crippen LogP contribution in [0.4, 0.5) is 0 Å². The van der Waals surface area contributed by atoms with Gasteiger partial charge in [-0.3, -0.25) is 4.79 Å². The first-order chi connectivity index (χ1) is 9.99. The number of nitrogens with one attached hydrogen (secondary N) is 1. The summed E-state index contributed by atoms with van der Waals surface area (Å²) in [5.41, 5.74) is 0.0272. The summed E-state index contributed by atoms with van der Waals surface area (Å²) in [6.45, 7) is 7.97. The Kier molecular flexibility index (Phi) is 10.6. The van der Waals surface area contributed by atoms with Crippen molar-refractivity contribution in [2.45, 2.75) is 52.9 Å². The Morgan fingerprint density at radius 2 is 1.67 bits per heavy atom. The van der Waals surface area contributed by atoms with Gasteiger partial charge in [-0.05, 0) is 38.8 Å². The van der Waals surface area contributed by atoms with Gasteiger partial charge in [0.1, 0.15) is 0 Å². The average Bonchev–Trinajstić information content (AvgIpc) is 2.46. The number of carboxylic acid groups (broad SMARTS) is 2. The highest BCUT2D eigenvalue weighted by molar-refractivity contribution is 5.93. The lowest BCUT2D eigenvalue weighted by molar-refractivity contribution is -0.146. The molecule has 5 nitrogen and oxygen atoms in total. The standard InChI is InChI=1S/C12H18O4.C4H11N/c1-2-9(11(13)14)10(12(15)16)8-6-4-3-5-7-8;1-3-5-4-2/h2,8,10H,3-7H2,1H3,(H,13,14)(H,15,16);5H,3-4H2,1-2H3. The summed E-state index contributed by atoms with van der Waals surface area (Å²) < 4.78 is 0. The molecule has 0 aromatic rings. The lowest BCUT2D eigenvalue weighted by Crippen LogP contribution is -2.30. The van der Waals surface area contributed by atoms with Crippen molar-refractivity contribution in [3.05, 3.63) is 11.6 Å². The van der Waals surface area contributed by atoms with Gasteiger partial charge in [0.05, 0.1) is 5.92 Å². The Morgan fingerprint density at radius 1 is 1.14 bits per heavy atom. The second-order valence-corrected chi connectivity index (χ2v) is 5.22. The van der Waals surface area contributed by atoms with E-state index in [-0.39, 0.29) is 11.5 Å². The van der Waals surface area contributed by atoms with Crippen LogP contribution in [-0.2, 0) is 9.59 Å². The van der Waals surface area contributed by atoms with Crippen molar-refractivity contribution in [1.82, 2.24) is 5.32 Å². The molecule has 0 bridgehead atoms. The molecule has 0 saturated heterocycles. The lowest BCUT2D eigenvalue weighted by atomic mass is 9.76. The molecule has 122 valence electrons. The highest BCUT2D eigenvalue weighted by Crippen LogP contribution is 2.34. The second kappa shape index (κ2) is 11.3. The van der Waals surface area contributed by atoms with Crippen LogP contribution in [0.2, 0.25) is 0 Å². The molecule has 1 rings (SSSR count). The number of carbonyl (C=O) groups is 2. The number of carboxylic acids is 2. The maximum Gasteiger partial charge on any atom is 0.332 e. The van der Waals surface area contributed by atoms with Gasteiger partial charge in [-0.2, -0.15) is 0 Å². The summed E-state index contributed by atoms with van der Waals surface area (Å²) in [7, 11) is 0. The van der Waals surface area contributed by atoms with Gasteiger partial charge in [0.2, 0.25) is 0 Å². The van der Waals surface area contributed by atoms with Gasteiger partial charge in [0.25, 0.3) is 0 Å². The van der Waals surface area contributed by atoms with Crippen LogP contribution >= 0.6 is 0 Å². The smallest absolute Gasteiger partial charge is 0.332 e. The molecule has 0 aromatic carbocycles. The van der Waals surface area contributed by atoms with Crippen LogP contribution in [0.15, 0.2) is 11.6 Å². The maximum atomic E-state index is 11.2. The molecule has 3 N–H and O–H groups in total. The number of aliphatic carboxylic acids is 2. The van der Waals surface area contributed by atoms with E-state index >= 15 is 0 Å². The molecule has 21 heavy (non-hydrogen) atoms. The van der Waals surface area contributed by atoms with Crippen LogP contribution in [0.3, 0.4) is 0 Å². The fourth-order valence-corrected chi connectivity index (χ4v) is 2.74. The van der Waals surface area contributed by atoms with E-state index < -0.39 is 17.9 Å². The van der Waals surface area contributed by atoms with E-state index in [1.165, 1.54) is 6.08 Å². The summed E-state index contributed by atoms with van der Waals surface area (Å²) in [6, 6.07) is 0. The molecule has 0 radical (unpaired) electrons. The van der Waals surface area contributed by atoms with E-state index in [0.29, 0.717) is 0 Å². The van der Waals surface area contributed by atoms with E-state index in [1.54, 1.807) is 6.92 Å². The van der Waals surface area contributed by atoms with E-state index in [1.807, 2.05) is 0 Å². The predicted molar refractivity (Wildman–Crippen MR) is 83.3 cm³/mol. The first kappa shape index (κ1) is 19.6. The van der Waals surface area contributed by atoms with Crippen molar-refractivity contribution in [2.75, 3.05) is 13.1 Å². The average molecular weight is 299 g/mol. The monoisotopic (exact) mass is 299 g/mol. The van der Waals surface area contributed by atoms with Crippen molar-refractivity contribution >= 4 is 11.9 Å². The fraction of sp³-hybridized carbons (Fsp3) is 0.750. The number of allylic oxidation sites excluding steroid dienone is 1. The van der Waals surface area contributed by atoms with Gasteiger partial charge < -0.3 is 15.5 Å². The van der Waals surface area contributed by atoms with Crippen LogP contribution in [0.1, 0.15) is 52.9 Å². The second-order valence-electron chi connectivity index (χ2n) is 5.22. The molecule has 0 heterocycles. The van der Waals surface area contributed by atoms with Crippen molar-refractivity contribution < 1.29 is 19.8 Å². The molecule has 1 saturated carbocycles. The minimum Gasteiger partial charge on any atom is -0.481 e. The highest BCUT2D eigenvalue weighted by Gasteiger charge is 2.34. The molecule has 1 unspecified atom stereocenters. The van der Waals surface area contributed by atoms with Crippen molar-refractivity contribution in [3.63, 3.8) is 0 Å². The molecule has 1 aliphatic carbocycles. The predicted octanol–water partition coefficient (Wildman–Crippen LogP) is 2.91. The first-order valence-electron chi connectivity index (χ1n) is 7.82. The largest absolute Gasteiger partial charge is 0.481 e. The number of hydrogen-bond donors (Lipinski definition) is 3. The molecule has 0 spiro atoms. The van der Waals surface area contributed by atoms with E-state index in [0.717, 1.165) is 45.2 Å². The van der Waals surface area contributed by atoms with Crippen molar-refractivity contribution in [2.24, 2.45) is 11.8 Å². The van der Waals surface area contributed by atoms with Gasteiger partial charge in [0.15, 0.2) is 0 Å². The third kappa shape index (κ3) is 7.27. The summed E-state index contributed by atoms with van der Waals surface area (Å²) in [5, 5.41) is 21.3. The van der Waals surface area contributed by atoms with Gasteiger partial charge in [0, 0.05) is 5.57 Å². The van der Waals surface area contributed by atoms with E-state index in [9.17, 15) is 14.7 Å². The van der Waals surface area contributed by atoms with Gasteiger partial charge in [-0.25, -0.2) is 4.79 Å². The zero-order valence-electron chi connectivity index (χ0n) is 13.4. The molecule has 1 fully saturated rings. The molecular weight excluding hydrogens is 270 g/mol. The molecule has 0 aliphatic heterocycles. The van der Waals surface area contributed by atoms with Crippen LogP contribution in [-0.4, -0.2) is 35.2 Å². The maximum absolute atomic E-state index is 11.2. The molecule has 1 atom stereocenters. The molecular formula is C16H29NO4. The van der Waals surface area contributed by atoms with Gasteiger partial charge in [-0.1, -0.05) is 39.2 Å². The Bertz CT molecular complexity index is 344. The lowest BCUT2D eigenvalue weighted by Gasteiger charge is -2.27. The van der Waals surface area contributed by atoms with Crippen molar-refractivity contribution in [1.29, 1.82) is 0 Å². The highest BCUT2D eigenvalue weighted by atomic mass is 16.4. The summed E-state index contributed by atoms with van der Waals surface area (Å²) in [6.07, 6.45) is 6.19. The van der Waals surface area contributed by atoms with Gasteiger partial charge in [-0.15, -0.1) is 0 Å². The first-order valence-corrected chi connectivity index (χ1v) is 7.82. The summed E-state index contributed by atoms with van der Waals surface area (Å²) in [4.78, 5) is 22.2. The summed E-state index contributed by atoms with van der Waals surface area (Å²) >= 11 is 0. The number of rotatable bonds is 6. The minimum atomic E-state index is -1.11.